The molecule has 0 amide bonds. The molecule has 1 aliphatic rings. The maximum absolute atomic E-state index is 10.5. The predicted molar refractivity (Wildman–Crippen MR) is 114 cm³/mol. The van der Waals surface area contributed by atoms with Crippen LogP contribution in [0.3, 0.4) is 0 Å². The molecule has 2 rings (SSSR count). The first-order valence-corrected chi connectivity index (χ1v) is 10.5. The lowest BCUT2D eigenvalue weighted by atomic mass is 10.1. The number of hydrogen-bond acceptors (Lipinski definition) is 7. The number of methoxy groups -OCH3 is 2. The second kappa shape index (κ2) is 13.0. The summed E-state index contributed by atoms with van der Waals surface area (Å²) in [6.45, 7) is 11.9. The molecule has 7 heteroatoms. The van der Waals surface area contributed by atoms with E-state index in [1.54, 1.807) is 14.2 Å². The van der Waals surface area contributed by atoms with Gasteiger partial charge in [-0.2, -0.15) is 0 Å². The molecule has 1 saturated heterocycles. The van der Waals surface area contributed by atoms with Gasteiger partial charge >= 0.3 is 0 Å². The molecule has 1 aliphatic heterocycles. The van der Waals surface area contributed by atoms with Crippen molar-refractivity contribution in [3.05, 3.63) is 23.8 Å². The molecule has 0 unspecified atom stereocenters. The Balaban J connectivity index is 1.96. The highest BCUT2D eigenvalue weighted by Gasteiger charge is 2.17. The van der Waals surface area contributed by atoms with Crippen molar-refractivity contribution in [2.24, 2.45) is 5.92 Å². The van der Waals surface area contributed by atoms with Gasteiger partial charge in [0.2, 0.25) is 0 Å². The number of rotatable bonds is 13. The molecule has 1 aromatic carbocycles. The van der Waals surface area contributed by atoms with Gasteiger partial charge in [0.25, 0.3) is 0 Å². The Morgan fingerprint density at radius 1 is 1.10 bits per heavy atom. The number of morpholine rings is 1. The molecular weight excluding hydrogens is 372 g/mol. The number of aliphatic hydroxyl groups is 1. The third-order valence-corrected chi connectivity index (χ3v) is 4.92. The molecule has 29 heavy (non-hydrogen) atoms. The van der Waals surface area contributed by atoms with E-state index in [0.717, 1.165) is 63.0 Å². The van der Waals surface area contributed by atoms with Gasteiger partial charge in [-0.05, 0) is 23.6 Å². The van der Waals surface area contributed by atoms with E-state index in [1.165, 1.54) is 0 Å². The molecule has 7 nitrogen and oxygen atoms in total. The monoisotopic (exact) mass is 410 g/mol. The molecule has 0 aromatic heterocycles. The van der Waals surface area contributed by atoms with Crippen LogP contribution in [-0.4, -0.2) is 94.4 Å². The molecule has 1 heterocycles. The van der Waals surface area contributed by atoms with Crippen LogP contribution >= 0.6 is 0 Å². The van der Waals surface area contributed by atoms with Gasteiger partial charge in [0.1, 0.15) is 0 Å². The molecule has 0 saturated carbocycles. The molecule has 1 aromatic rings. The highest BCUT2D eigenvalue weighted by atomic mass is 16.5. The third kappa shape index (κ3) is 8.88. The summed E-state index contributed by atoms with van der Waals surface area (Å²) in [5.74, 6) is 1.91. The van der Waals surface area contributed by atoms with Crippen LogP contribution in [0.4, 0.5) is 0 Å². The molecule has 1 N–H and O–H groups in total. The summed E-state index contributed by atoms with van der Waals surface area (Å²) >= 11 is 0. The molecule has 0 radical (unpaired) electrons. The van der Waals surface area contributed by atoms with Gasteiger partial charge in [0.05, 0.1) is 40.1 Å². The average Bonchev–Trinajstić information content (AvgIpc) is 2.72. The summed E-state index contributed by atoms with van der Waals surface area (Å²) in [5.41, 5.74) is 1.12. The minimum Gasteiger partial charge on any atom is -0.493 e. The van der Waals surface area contributed by atoms with Gasteiger partial charge < -0.3 is 24.1 Å². The Morgan fingerprint density at radius 3 is 2.48 bits per heavy atom. The fraction of sp³-hybridized carbons (Fsp3) is 0.727. The lowest BCUT2D eigenvalue weighted by Crippen LogP contribution is -2.43. The number of hydrogen-bond donors (Lipinski definition) is 1. The van der Waals surface area contributed by atoms with Crippen molar-refractivity contribution in [2.45, 2.75) is 26.5 Å². The van der Waals surface area contributed by atoms with Crippen molar-refractivity contribution in [1.82, 2.24) is 9.80 Å². The molecule has 1 atom stereocenters. The van der Waals surface area contributed by atoms with E-state index in [1.807, 2.05) is 18.2 Å². The minimum absolute atomic E-state index is 0.359. The normalized spacial score (nSPS) is 16.4. The van der Waals surface area contributed by atoms with Crippen LogP contribution in [-0.2, 0) is 16.0 Å². The molecule has 0 aliphatic carbocycles. The van der Waals surface area contributed by atoms with E-state index in [2.05, 4.69) is 23.6 Å². The minimum atomic E-state index is -0.515. The van der Waals surface area contributed by atoms with Crippen molar-refractivity contribution in [2.75, 3.05) is 73.4 Å². The number of ether oxygens (including phenoxy) is 4. The lowest BCUT2D eigenvalue weighted by Gasteiger charge is -2.31. The maximum atomic E-state index is 10.5. The fourth-order valence-electron chi connectivity index (χ4n) is 3.37. The maximum Gasteiger partial charge on any atom is 0.161 e. The molecule has 166 valence electrons. The quantitative estimate of drug-likeness (QED) is 0.533. The predicted octanol–water partition coefficient (Wildman–Crippen LogP) is 1.87. The molecule has 1 fully saturated rings. The number of aliphatic hydroxyl groups excluding tert-OH is 1. The van der Waals surface area contributed by atoms with Crippen molar-refractivity contribution in [1.29, 1.82) is 0 Å². The summed E-state index contributed by atoms with van der Waals surface area (Å²) in [4.78, 5) is 4.69. The van der Waals surface area contributed by atoms with E-state index in [-0.39, 0.29) is 0 Å². The van der Waals surface area contributed by atoms with Crippen LogP contribution in [0, 0.1) is 5.92 Å². The zero-order valence-electron chi connectivity index (χ0n) is 18.4. The van der Waals surface area contributed by atoms with Crippen LogP contribution in [0.1, 0.15) is 19.4 Å². The SMILES string of the molecule is COc1ccc(CN(CCN2CCOCC2)C[C@@H](O)COCC(C)C)cc1OC. The van der Waals surface area contributed by atoms with Crippen LogP contribution in [0.2, 0.25) is 0 Å². The van der Waals surface area contributed by atoms with Crippen molar-refractivity contribution >= 4 is 0 Å². The highest BCUT2D eigenvalue weighted by molar-refractivity contribution is 5.42. The summed E-state index contributed by atoms with van der Waals surface area (Å²) < 4.78 is 21.8. The lowest BCUT2D eigenvalue weighted by molar-refractivity contribution is 0.000948. The first kappa shape index (κ1) is 23.9. The summed E-state index contributed by atoms with van der Waals surface area (Å²) in [7, 11) is 3.29. The van der Waals surface area contributed by atoms with E-state index in [9.17, 15) is 5.11 Å². The Hall–Kier alpha value is -1.38. The fourth-order valence-corrected chi connectivity index (χ4v) is 3.37. The first-order chi connectivity index (χ1) is 14.0. The average molecular weight is 411 g/mol. The summed E-state index contributed by atoms with van der Waals surface area (Å²) in [6.07, 6.45) is -0.515. The van der Waals surface area contributed by atoms with Gasteiger partial charge in [0.15, 0.2) is 11.5 Å². The zero-order valence-corrected chi connectivity index (χ0v) is 18.4. The Bertz CT molecular complexity index is 578. The second-order valence-electron chi connectivity index (χ2n) is 7.96. The van der Waals surface area contributed by atoms with Gasteiger partial charge in [-0.1, -0.05) is 19.9 Å². The van der Waals surface area contributed by atoms with Crippen molar-refractivity contribution < 1.29 is 24.1 Å². The van der Waals surface area contributed by atoms with E-state index < -0.39 is 6.10 Å². The van der Waals surface area contributed by atoms with Crippen LogP contribution < -0.4 is 9.47 Å². The molecule has 0 spiro atoms. The standard InChI is InChI=1S/C22H38N2O5/c1-18(2)16-29-17-20(25)15-24(8-7-23-9-11-28-12-10-23)14-19-5-6-21(26-3)22(13-19)27-4/h5-6,13,18,20,25H,7-12,14-17H2,1-4H3/t20-/m1/s1. The Labute approximate surface area is 175 Å². The van der Waals surface area contributed by atoms with Crippen LogP contribution in [0.15, 0.2) is 18.2 Å². The third-order valence-electron chi connectivity index (χ3n) is 4.92. The number of nitrogens with zero attached hydrogens (tertiary/aromatic N) is 2. The van der Waals surface area contributed by atoms with Crippen molar-refractivity contribution in [3.8, 4) is 11.5 Å². The first-order valence-electron chi connectivity index (χ1n) is 10.5. The Kier molecular flexibility index (Phi) is 10.7. The van der Waals surface area contributed by atoms with Crippen molar-refractivity contribution in [3.63, 3.8) is 0 Å². The number of benzene rings is 1. The smallest absolute Gasteiger partial charge is 0.161 e. The Morgan fingerprint density at radius 2 is 1.83 bits per heavy atom. The van der Waals surface area contributed by atoms with E-state index in [4.69, 9.17) is 18.9 Å². The van der Waals surface area contributed by atoms with Gasteiger partial charge in [-0.15, -0.1) is 0 Å². The zero-order chi connectivity index (χ0) is 21.1. The molecular formula is C22H38N2O5. The van der Waals surface area contributed by atoms with Gasteiger partial charge in [-0.3, -0.25) is 9.80 Å². The van der Waals surface area contributed by atoms with Crippen LogP contribution in [0.25, 0.3) is 0 Å². The summed E-state index contributed by atoms with van der Waals surface area (Å²) in [6, 6.07) is 5.98. The van der Waals surface area contributed by atoms with E-state index in [0.29, 0.717) is 25.7 Å². The summed E-state index contributed by atoms with van der Waals surface area (Å²) in [5, 5.41) is 10.5. The van der Waals surface area contributed by atoms with Crippen LogP contribution in [0.5, 0.6) is 11.5 Å². The largest absolute Gasteiger partial charge is 0.493 e. The second-order valence-corrected chi connectivity index (χ2v) is 7.96. The molecule has 0 bridgehead atoms. The van der Waals surface area contributed by atoms with Gasteiger partial charge in [-0.25, -0.2) is 0 Å². The topological polar surface area (TPSA) is 63.6 Å². The van der Waals surface area contributed by atoms with E-state index >= 15 is 0 Å². The highest BCUT2D eigenvalue weighted by Crippen LogP contribution is 2.28. The van der Waals surface area contributed by atoms with Gasteiger partial charge in [0, 0.05) is 45.9 Å².